The molecule has 126 valence electrons. The van der Waals surface area contributed by atoms with Crippen LogP contribution in [0.5, 0.6) is 0 Å². The molecule has 1 aliphatic heterocycles. The third-order valence-electron chi connectivity index (χ3n) is 5.62. The molecule has 2 aromatic heterocycles. The molecule has 5 rings (SSSR count). The second-order valence-corrected chi connectivity index (χ2v) is 7.60. The van der Waals surface area contributed by atoms with Crippen molar-refractivity contribution in [2.24, 2.45) is 5.41 Å². The SMILES string of the molecule is CNC1CC2(C1)CN(c1nccc(Nc3cc(C4CC4)[nH]n3)n1)C2. The van der Waals surface area contributed by atoms with Crippen LogP contribution in [0.4, 0.5) is 17.6 Å². The Morgan fingerprint density at radius 2 is 2.08 bits per heavy atom. The zero-order valence-electron chi connectivity index (χ0n) is 13.9. The van der Waals surface area contributed by atoms with Gasteiger partial charge < -0.3 is 15.5 Å². The van der Waals surface area contributed by atoms with Crippen molar-refractivity contribution in [2.75, 3.05) is 30.4 Å². The van der Waals surface area contributed by atoms with Gasteiger partial charge in [0.1, 0.15) is 5.82 Å². The summed E-state index contributed by atoms with van der Waals surface area (Å²) in [4.78, 5) is 11.4. The van der Waals surface area contributed by atoms with Crippen molar-refractivity contribution in [2.45, 2.75) is 37.6 Å². The predicted molar refractivity (Wildman–Crippen MR) is 92.6 cm³/mol. The lowest BCUT2D eigenvalue weighted by Crippen LogP contribution is -2.66. The van der Waals surface area contributed by atoms with Crippen LogP contribution >= 0.6 is 0 Å². The zero-order valence-corrected chi connectivity index (χ0v) is 13.9. The minimum absolute atomic E-state index is 0.502. The second-order valence-electron chi connectivity index (χ2n) is 7.60. The topological polar surface area (TPSA) is 81.8 Å². The van der Waals surface area contributed by atoms with Gasteiger partial charge in [-0.3, -0.25) is 5.10 Å². The molecular formula is C17H23N7. The Morgan fingerprint density at radius 1 is 1.25 bits per heavy atom. The highest BCUT2D eigenvalue weighted by Crippen LogP contribution is 2.49. The summed E-state index contributed by atoms with van der Waals surface area (Å²) >= 11 is 0. The van der Waals surface area contributed by atoms with Crippen LogP contribution in [0.25, 0.3) is 0 Å². The molecule has 0 atom stereocenters. The summed E-state index contributed by atoms with van der Waals surface area (Å²) in [5.41, 5.74) is 1.72. The van der Waals surface area contributed by atoms with E-state index in [4.69, 9.17) is 0 Å². The molecule has 1 saturated heterocycles. The predicted octanol–water partition coefficient (Wildman–Crippen LogP) is 2.01. The summed E-state index contributed by atoms with van der Waals surface area (Å²) in [5.74, 6) is 3.13. The monoisotopic (exact) mass is 325 g/mol. The van der Waals surface area contributed by atoms with Crippen molar-refractivity contribution in [1.82, 2.24) is 25.5 Å². The molecule has 3 N–H and O–H groups in total. The molecule has 2 aromatic rings. The fourth-order valence-corrected chi connectivity index (χ4v) is 4.06. The van der Waals surface area contributed by atoms with Gasteiger partial charge in [0.15, 0.2) is 5.82 Å². The van der Waals surface area contributed by atoms with Gasteiger partial charge in [0, 0.05) is 48.4 Å². The molecular weight excluding hydrogens is 302 g/mol. The molecule has 1 spiro atoms. The number of rotatable bonds is 5. The molecule has 7 heteroatoms. The Bertz CT molecular complexity index is 737. The highest BCUT2D eigenvalue weighted by molar-refractivity contribution is 5.54. The lowest BCUT2D eigenvalue weighted by Gasteiger charge is -2.59. The molecule has 3 fully saturated rings. The van der Waals surface area contributed by atoms with Crippen LogP contribution in [0.3, 0.4) is 0 Å². The van der Waals surface area contributed by atoms with E-state index in [0.29, 0.717) is 17.4 Å². The van der Waals surface area contributed by atoms with Crippen molar-refractivity contribution < 1.29 is 0 Å². The van der Waals surface area contributed by atoms with Gasteiger partial charge in [-0.1, -0.05) is 0 Å². The highest BCUT2D eigenvalue weighted by Gasteiger charge is 2.52. The van der Waals surface area contributed by atoms with Gasteiger partial charge in [0.2, 0.25) is 5.95 Å². The van der Waals surface area contributed by atoms with E-state index in [0.717, 1.165) is 30.7 Å². The first kappa shape index (κ1) is 14.2. The molecule has 3 heterocycles. The average molecular weight is 325 g/mol. The van der Waals surface area contributed by atoms with E-state index in [1.54, 1.807) is 0 Å². The van der Waals surface area contributed by atoms with E-state index in [1.807, 2.05) is 12.3 Å². The van der Waals surface area contributed by atoms with E-state index in [9.17, 15) is 0 Å². The van der Waals surface area contributed by atoms with Crippen molar-refractivity contribution in [1.29, 1.82) is 0 Å². The summed E-state index contributed by atoms with van der Waals surface area (Å²) in [6.45, 7) is 2.14. The van der Waals surface area contributed by atoms with E-state index in [2.05, 4.69) is 48.8 Å². The van der Waals surface area contributed by atoms with Crippen molar-refractivity contribution >= 4 is 17.6 Å². The quantitative estimate of drug-likeness (QED) is 0.780. The van der Waals surface area contributed by atoms with Gasteiger partial charge in [-0.25, -0.2) is 4.98 Å². The van der Waals surface area contributed by atoms with Crippen LogP contribution in [0.1, 0.15) is 37.3 Å². The van der Waals surface area contributed by atoms with Gasteiger partial charge >= 0.3 is 0 Å². The number of nitrogens with one attached hydrogen (secondary N) is 3. The van der Waals surface area contributed by atoms with Crippen LogP contribution < -0.4 is 15.5 Å². The number of aromatic nitrogens is 4. The molecule has 24 heavy (non-hydrogen) atoms. The van der Waals surface area contributed by atoms with Gasteiger partial charge in [-0.05, 0) is 38.8 Å². The summed E-state index contributed by atoms with van der Waals surface area (Å²) in [5, 5.41) is 14.1. The number of H-pyrrole nitrogens is 1. The van der Waals surface area contributed by atoms with Crippen molar-refractivity contribution in [3.8, 4) is 0 Å². The van der Waals surface area contributed by atoms with Crippen LogP contribution in [0, 0.1) is 5.41 Å². The molecule has 0 aromatic carbocycles. The normalized spacial score (nSPS) is 22.3. The molecule has 7 nitrogen and oxygen atoms in total. The Hall–Kier alpha value is -2.15. The Kier molecular flexibility index (Phi) is 3.06. The Labute approximate surface area is 141 Å². The molecule has 0 bridgehead atoms. The highest BCUT2D eigenvalue weighted by atomic mass is 15.3. The molecule has 3 aliphatic rings. The summed E-state index contributed by atoms with van der Waals surface area (Å²) in [7, 11) is 2.05. The maximum absolute atomic E-state index is 4.66. The third-order valence-corrected chi connectivity index (χ3v) is 5.62. The Balaban J connectivity index is 1.23. The van der Waals surface area contributed by atoms with Crippen molar-refractivity contribution in [3.05, 3.63) is 24.0 Å². The van der Waals surface area contributed by atoms with Crippen LogP contribution in [0.15, 0.2) is 18.3 Å². The summed E-state index contributed by atoms with van der Waals surface area (Å²) in [6, 6.07) is 4.68. The first-order chi connectivity index (χ1) is 11.7. The first-order valence-corrected chi connectivity index (χ1v) is 8.81. The second kappa shape index (κ2) is 5.17. The molecule has 2 saturated carbocycles. The van der Waals surface area contributed by atoms with E-state index in [1.165, 1.54) is 31.4 Å². The molecule has 0 amide bonds. The third kappa shape index (κ3) is 2.43. The first-order valence-electron chi connectivity index (χ1n) is 8.81. The largest absolute Gasteiger partial charge is 0.340 e. The molecule has 0 unspecified atom stereocenters. The average Bonchev–Trinajstić information content (AvgIpc) is 3.26. The van der Waals surface area contributed by atoms with Crippen LogP contribution in [0.2, 0.25) is 0 Å². The molecule has 0 radical (unpaired) electrons. The maximum Gasteiger partial charge on any atom is 0.227 e. The zero-order chi connectivity index (χ0) is 16.1. The smallest absolute Gasteiger partial charge is 0.227 e. The van der Waals surface area contributed by atoms with Gasteiger partial charge in [-0.2, -0.15) is 10.1 Å². The minimum atomic E-state index is 0.502. The fraction of sp³-hybridized carbons (Fsp3) is 0.588. The number of anilines is 3. The minimum Gasteiger partial charge on any atom is -0.340 e. The standard InChI is InChI=1S/C17H23N7/c1-18-12-7-17(8-12)9-24(10-17)16-19-5-4-14(21-16)20-15-6-13(22-23-15)11-2-3-11/h4-6,11-12,18H,2-3,7-10H2,1H3,(H2,19,20,21,22,23). The number of aromatic amines is 1. The molecule has 2 aliphatic carbocycles. The van der Waals surface area contributed by atoms with E-state index < -0.39 is 0 Å². The fourth-order valence-electron chi connectivity index (χ4n) is 4.06. The van der Waals surface area contributed by atoms with Crippen LogP contribution in [-0.4, -0.2) is 46.3 Å². The van der Waals surface area contributed by atoms with E-state index >= 15 is 0 Å². The summed E-state index contributed by atoms with van der Waals surface area (Å²) in [6.07, 6.45) is 6.90. The maximum atomic E-state index is 4.66. The van der Waals surface area contributed by atoms with E-state index in [-0.39, 0.29) is 0 Å². The van der Waals surface area contributed by atoms with Crippen molar-refractivity contribution in [3.63, 3.8) is 0 Å². The number of hydrogen-bond acceptors (Lipinski definition) is 6. The lowest BCUT2D eigenvalue weighted by molar-refractivity contribution is 0.0509. The Morgan fingerprint density at radius 3 is 2.83 bits per heavy atom. The number of nitrogens with zero attached hydrogens (tertiary/aromatic N) is 4. The van der Waals surface area contributed by atoms with Crippen LogP contribution in [-0.2, 0) is 0 Å². The number of hydrogen-bond donors (Lipinski definition) is 3. The lowest BCUT2D eigenvalue weighted by atomic mass is 9.61. The summed E-state index contributed by atoms with van der Waals surface area (Å²) < 4.78 is 0. The van der Waals surface area contributed by atoms with Gasteiger partial charge in [-0.15, -0.1) is 0 Å². The van der Waals surface area contributed by atoms with Gasteiger partial charge in [0.05, 0.1) is 0 Å². The van der Waals surface area contributed by atoms with Gasteiger partial charge in [0.25, 0.3) is 0 Å².